The van der Waals surface area contributed by atoms with Crippen LogP contribution < -0.4 is 11.1 Å². The van der Waals surface area contributed by atoms with E-state index in [1.165, 1.54) is 24.9 Å². The lowest BCUT2D eigenvalue weighted by atomic mass is 10.1. The molecule has 0 aliphatic rings. The minimum Gasteiger partial charge on any atom is -0.464 e. The van der Waals surface area contributed by atoms with Gasteiger partial charge in [0, 0.05) is 13.2 Å². The van der Waals surface area contributed by atoms with Crippen molar-refractivity contribution in [1.82, 2.24) is 9.88 Å². The number of nitrogens with zero attached hydrogens (tertiary/aromatic N) is 2. The van der Waals surface area contributed by atoms with Gasteiger partial charge in [-0.15, -0.1) is 0 Å². The van der Waals surface area contributed by atoms with Crippen molar-refractivity contribution in [3.63, 3.8) is 0 Å². The molecule has 112 valence electrons. The summed E-state index contributed by atoms with van der Waals surface area (Å²) in [5, 5.41) is 11.6. The molecule has 1 aromatic heterocycles. The predicted octanol–water partition coefficient (Wildman–Crippen LogP) is 1.08. The van der Waals surface area contributed by atoms with Gasteiger partial charge < -0.3 is 20.4 Å². The van der Waals surface area contributed by atoms with Crippen LogP contribution in [0.15, 0.2) is 30.5 Å². The number of rotatable bonds is 3. The molecule has 0 fully saturated rings. The van der Waals surface area contributed by atoms with Crippen molar-refractivity contribution in [3.05, 3.63) is 47.3 Å². The summed E-state index contributed by atoms with van der Waals surface area (Å²) in [6.07, 6.45) is 1.41. The van der Waals surface area contributed by atoms with Crippen molar-refractivity contribution in [2.45, 2.75) is 0 Å². The number of para-hydroxylation sites is 1. The lowest BCUT2D eigenvalue weighted by Gasteiger charge is -2.12. The monoisotopic (exact) mass is 298 g/mol. The number of nitrogens with one attached hydrogen (secondary N) is 1. The molecule has 1 aromatic carbocycles. The second-order valence-corrected chi connectivity index (χ2v) is 4.37. The normalized spacial score (nSPS) is 9.86. The zero-order chi connectivity index (χ0) is 16.3. The predicted molar refractivity (Wildman–Crippen MR) is 79.6 cm³/mol. The Kier molecular flexibility index (Phi) is 4.13. The molecule has 0 atom stereocenters. The first-order valence-corrected chi connectivity index (χ1v) is 6.35. The smallest absolute Gasteiger partial charge is 0.357 e. The maximum absolute atomic E-state index is 12.0. The van der Waals surface area contributed by atoms with Crippen LogP contribution in [0, 0.1) is 11.3 Å². The average molecular weight is 298 g/mol. The van der Waals surface area contributed by atoms with Crippen molar-refractivity contribution in [2.75, 3.05) is 19.9 Å². The number of ether oxygens (including phenoxy) is 1. The number of methoxy groups -OCH3 is 1. The number of aromatic nitrogens is 1. The van der Waals surface area contributed by atoms with Gasteiger partial charge in [-0.2, -0.15) is 5.26 Å². The van der Waals surface area contributed by atoms with Gasteiger partial charge in [0.15, 0.2) is 5.69 Å². The first-order chi connectivity index (χ1) is 10.5. The Balaban J connectivity index is 2.76. The van der Waals surface area contributed by atoms with E-state index in [0.717, 1.165) is 0 Å². The molecular weight excluding hydrogens is 284 g/mol. The van der Waals surface area contributed by atoms with Gasteiger partial charge in [0.1, 0.15) is 6.07 Å². The highest BCUT2D eigenvalue weighted by Gasteiger charge is 2.23. The number of hydrogen-bond acceptors (Lipinski definition) is 5. The van der Waals surface area contributed by atoms with Crippen LogP contribution in [0.25, 0.3) is 5.69 Å². The van der Waals surface area contributed by atoms with Gasteiger partial charge in [-0.3, -0.25) is 4.79 Å². The van der Waals surface area contributed by atoms with Crippen molar-refractivity contribution in [1.29, 1.82) is 5.26 Å². The first kappa shape index (κ1) is 15.1. The highest BCUT2D eigenvalue weighted by molar-refractivity contribution is 6.00. The van der Waals surface area contributed by atoms with Crippen LogP contribution in [0.3, 0.4) is 0 Å². The maximum Gasteiger partial charge on any atom is 0.357 e. The Labute approximate surface area is 126 Å². The van der Waals surface area contributed by atoms with Gasteiger partial charge >= 0.3 is 5.97 Å². The van der Waals surface area contributed by atoms with Gasteiger partial charge in [0.25, 0.3) is 5.91 Å². The summed E-state index contributed by atoms with van der Waals surface area (Å²) in [5.74, 6) is -1.01. The third kappa shape index (κ3) is 2.38. The van der Waals surface area contributed by atoms with Gasteiger partial charge in [0.2, 0.25) is 0 Å². The Morgan fingerprint density at radius 3 is 2.64 bits per heavy atom. The summed E-state index contributed by atoms with van der Waals surface area (Å²) in [7, 11) is 2.72. The van der Waals surface area contributed by atoms with E-state index in [1.54, 1.807) is 24.3 Å². The molecule has 0 saturated carbocycles. The van der Waals surface area contributed by atoms with Gasteiger partial charge in [0.05, 0.1) is 29.6 Å². The summed E-state index contributed by atoms with van der Waals surface area (Å²) >= 11 is 0. The lowest BCUT2D eigenvalue weighted by Crippen LogP contribution is -2.21. The minimum absolute atomic E-state index is 0.00963. The van der Waals surface area contributed by atoms with E-state index < -0.39 is 5.97 Å². The minimum atomic E-state index is -0.689. The highest BCUT2D eigenvalue weighted by Crippen LogP contribution is 2.26. The molecule has 22 heavy (non-hydrogen) atoms. The molecule has 0 unspecified atom stereocenters. The molecule has 0 radical (unpaired) electrons. The molecule has 2 aromatic rings. The number of amides is 1. The maximum atomic E-state index is 12.0. The van der Waals surface area contributed by atoms with Crippen LogP contribution in [0.4, 0.5) is 5.69 Å². The summed E-state index contributed by atoms with van der Waals surface area (Å²) in [6.45, 7) is 0. The van der Waals surface area contributed by atoms with Crippen LogP contribution in [0.5, 0.6) is 0 Å². The van der Waals surface area contributed by atoms with Crippen LogP contribution in [0.1, 0.15) is 26.4 Å². The summed E-state index contributed by atoms with van der Waals surface area (Å²) < 4.78 is 6.11. The fourth-order valence-electron chi connectivity index (χ4n) is 2.11. The largest absolute Gasteiger partial charge is 0.464 e. The van der Waals surface area contributed by atoms with Gasteiger partial charge in [-0.1, -0.05) is 12.1 Å². The standard InChI is InChI=1S/C15H14N4O3/c1-18-14(20)10-5-3-4-6-11(10)19-8-9(7-16)12(17)13(19)15(21)22-2/h3-6,8H,17H2,1-2H3,(H,18,20). The molecule has 1 heterocycles. The van der Waals surface area contributed by atoms with Crippen molar-refractivity contribution in [2.24, 2.45) is 0 Å². The number of esters is 1. The Hall–Kier alpha value is -3.27. The zero-order valence-corrected chi connectivity index (χ0v) is 12.1. The van der Waals surface area contributed by atoms with E-state index in [9.17, 15) is 9.59 Å². The molecule has 2 rings (SSSR count). The highest BCUT2D eigenvalue weighted by atomic mass is 16.5. The van der Waals surface area contributed by atoms with E-state index in [1.807, 2.05) is 6.07 Å². The number of nitriles is 1. The van der Waals surface area contributed by atoms with Crippen molar-refractivity contribution in [3.8, 4) is 11.8 Å². The van der Waals surface area contributed by atoms with E-state index >= 15 is 0 Å². The summed E-state index contributed by atoms with van der Waals surface area (Å²) in [4.78, 5) is 24.0. The Bertz CT molecular complexity index is 787. The average Bonchev–Trinajstić information content (AvgIpc) is 2.89. The fourth-order valence-corrected chi connectivity index (χ4v) is 2.11. The molecule has 0 saturated heterocycles. The van der Waals surface area contributed by atoms with Crippen molar-refractivity contribution >= 4 is 17.6 Å². The summed E-state index contributed by atoms with van der Waals surface area (Å²) in [5.41, 5.74) is 6.77. The third-order valence-corrected chi connectivity index (χ3v) is 3.18. The van der Waals surface area contributed by atoms with E-state index in [2.05, 4.69) is 5.32 Å². The molecule has 0 aliphatic carbocycles. The quantitative estimate of drug-likeness (QED) is 0.824. The molecule has 1 amide bonds. The molecule has 7 heteroatoms. The Morgan fingerprint density at radius 2 is 2.05 bits per heavy atom. The van der Waals surface area contributed by atoms with Crippen molar-refractivity contribution < 1.29 is 14.3 Å². The molecule has 0 spiro atoms. The second kappa shape index (κ2) is 6.01. The lowest BCUT2D eigenvalue weighted by molar-refractivity contribution is 0.0592. The van der Waals surface area contributed by atoms with E-state index in [4.69, 9.17) is 15.7 Å². The summed E-state index contributed by atoms with van der Waals surface area (Å²) in [6, 6.07) is 8.58. The van der Waals surface area contributed by atoms with Crippen LogP contribution in [-0.4, -0.2) is 30.6 Å². The Morgan fingerprint density at radius 1 is 1.36 bits per heavy atom. The number of benzene rings is 1. The van der Waals surface area contributed by atoms with Crippen LogP contribution in [0.2, 0.25) is 0 Å². The van der Waals surface area contributed by atoms with E-state index in [-0.39, 0.29) is 22.9 Å². The number of anilines is 1. The van der Waals surface area contributed by atoms with Crippen LogP contribution >= 0.6 is 0 Å². The number of hydrogen-bond donors (Lipinski definition) is 2. The topological polar surface area (TPSA) is 110 Å². The number of carbonyl (C=O) groups is 2. The first-order valence-electron chi connectivity index (χ1n) is 6.35. The van der Waals surface area contributed by atoms with Gasteiger partial charge in [-0.05, 0) is 12.1 Å². The van der Waals surface area contributed by atoms with E-state index in [0.29, 0.717) is 11.3 Å². The molecular formula is C15H14N4O3. The molecule has 7 nitrogen and oxygen atoms in total. The number of nitrogens with two attached hydrogens (primary N) is 1. The molecule has 0 bridgehead atoms. The fraction of sp³-hybridized carbons (Fsp3) is 0.133. The molecule has 3 N–H and O–H groups in total. The SMILES string of the molecule is CNC(=O)c1ccccc1-n1cc(C#N)c(N)c1C(=O)OC. The third-order valence-electron chi connectivity index (χ3n) is 3.18. The van der Waals surface area contributed by atoms with Crippen LogP contribution in [-0.2, 0) is 4.74 Å². The number of carbonyl (C=O) groups excluding carboxylic acids is 2. The molecule has 0 aliphatic heterocycles. The number of nitrogen functional groups attached to an aromatic ring is 1. The van der Waals surface area contributed by atoms with Gasteiger partial charge in [-0.25, -0.2) is 4.79 Å². The zero-order valence-electron chi connectivity index (χ0n) is 12.1. The second-order valence-electron chi connectivity index (χ2n) is 4.37.